The maximum absolute atomic E-state index is 13.2. The highest BCUT2D eigenvalue weighted by Crippen LogP contribution is 2.36. The average Bonchev–Trinajstić information content (AvgIpc) is 3.55. The number of carbonyl (C=O) groups excluding carboxylic acids is 1. The first kappa shape index (κ1) is 23.4. The Morgan fingerprint density at radius 1 is 0.848 bits per heavy atom. The first-order valence-corrected chi connectivity index (χ1v) is 14.1. The molecule has 2 aliphatic carbocycles. The summed E-state index contributed by atoms with van der Waals surface area (Å²) in [4.78, 5) is 18.1. The Morgan fingerprint density at radius 3 is 2.27 bits per heavy atom. The van der Waals surface area contributed by atoms with Gasteiger partial charge in [0.1, 0.15) is 0 Å². The summed E-state index contributed by atoms with van der Waals surface area (Å²) in [6.07, 6.45) is 14.4. The lowest BCUT2D eigenvalue weighted by Crippen LogP contribution is -2.45. The van der Waals surface area contributed by atoms with Gasteiger partial charge >= 0.3 is 0 Å². The van der Waals surface area contributed by atoms with Gasteiger partial charge in [0.05, 0.1) is 0 Å². The quantitative estimate of drug-likeness (QED) is 0.630. The van der Waals surface area contributed by atoms with Gasteiger partial charge in [0.15, 0.2) is 0 Å². The number of benzene rings is 1. The number of hydrogen-bond acceptors (Lipinski definition) is 3. The monoisotopic (exact) mass is 451 g/mol. The van der Waals surface area contributed by atoms with E-state index in [4.69, 9.17) is 0 Å². The molecule has 2 aliphatic heterocycles. The van der Waals surface area contributed by atoms with Crippen LogP contribution in [0.5, 0.6) is 0 Å². The standard InChI is InChI=1S/C29H45N3O/c33-29(25-13-7-8-14-25)32-21-26(28(22-32)24-11-5-2-6-12-24)20-31-17-15-27(16-18-31)30-19-23-9-3-1-4-10-23/h2,5-6,11-12,23,25-28,30H,1,3-4,7-10,13-22H2/t26-,28+/m0/s1. The van der Waals surface area contributed by atoms with E-state index in [1.807, 2.05) is 0 Å². The number of likely N-dealkylation sites (tertiary alicyclic amines) is 2. The average molecular weight is 452 g/mol. The molecule has 2 saturated carbocycles. The summed E-state index contributed by atoms with van der Waals surface area (Å²) in [6, 6.07) is 11.7. The molecule has 182 valence electrons. The molecule has 0 aromatic heterocycles. The van der Waals surface area contributed by atoms with E-state index < -0.39 is 0 Å². The van der Waals surface area contributed by atoms with Crippen LogP contribution in [0, 0.1) is 17.8 Å². The van der Waals surface area contributed by atoms with Gasteiger partial charge in [-0.1, -0.05) is 62.4 Å². The maximum atomic E-state index is 13.2. The molecule has 0 spiro atoms. The first-order valence-electron chi connectivity index (χ1n) is 14.1. The van der Waals surface area contributed by atoms with E-state index in [1.54, 1.807) is 0 Å². The Bertz CT molecular complexity index is 732. The van der Waals surface area contributed by atoms with E-state index in [1.165, 1.54) is 83.0 Å². The second-order valence-electron chi connectivity index (χ2n) is 11.5. The number of piperidine rings is 1. The molecule has 4 heteroatoms. The lowest BCUT2D eigenvalue weighted by molar-refractivity contribution is -0.134. The van der Waals surface area contributed by atoms with E-state index in [2.05, 4.69) is 45.4 Å². The van der Waals surface area contributed by atoms with E-state index in [0.29, 0.717) is 29.7 Å². The largest absolute Gasteiger partial charge is 0.341 e. The molecule has 2 saturated heterocycles. The third kappa shape index (κ3) is 6.00. The fourth-order valence-electron chi connectivity index (χ4n) is 7.12. The van der Waals surface area contributed by atoms with Crippen molar-refractivity contribution in [3.63, 3.8) is 0 Å². The molecule has 2 heterocycles. The molecule has 4 fully saturated rings. The molecule has 33 heavy (non-hydrogen) atoms. The molecule has 4 nitrogen and oxygen atoms in total. The molecule has 1 aromatic rings. The second kappa shape index (κ2) is 11.4. The smallest absolute Gasteiger partial charge is 0.225 e. The van der Waals surface area contributed by atoms with Crippen LogP contribution in [0.3, 0.4) is 0 Å². The van der Waals surface area contributed by atoms with Crippen LogP contribution in [0.4, 0.5) is 0 Å². The molecule has 2 atom stereocenters. The van der Waals surface area contributed by atoms with Crippen LogP contribution in [0.15, 0.2) is 30.3 Å². The van der Waals surface area contributed by atoms with Crippen molar-refractivity contribution in [1.29, 1.82) is 0 Å². The summed E-state index contributed by atoms with van der Waals surface area (Å²) in [7, 11) is 0. The van der Waals surface area contributed by atoms with Gasteiger partial charge in [-0.3, -0.25) is 4.79 Å². The molecule has 0 bridgehead atoms. The summed E-state index contributed by atoms with van der Waals surface area (Å²) in [5, 5.41) is 3.91. The Balaban J connectivity index is 1.14. The van der Waals surface area contributed by atoms with Gasteiger partial charge in [-0.15, -0.1) is 0 Å². The van der Waals surface area contributed by atoms with Crippen molar-refractivity contribution in [3.8, 4) is 0 Å². The molecule has 1 N–H and O–H groups in total. The maximum Gasteiger partial charge on any atom is 0.225 e. The van der Waals surface area contributed by atoms with Gasteiger partial charge in [-0.05, 0) is 75.6 Å². The van der Waals surface area contributed by atoms with Gasteiger partial charge in [0, 0.05) is 37.5 Å². The van der Waals surface area contributed by atoms with Crippen LogP contribution in [-0.4, -0.2) is 61.0 Å². The van der Waals surface area contributed by atoms with Crippen LogP contribution in [-0.2, 0) is 4.79 Å². The Kier molecular flexibility index (Phi) is 8.04. The van der Waals surface area contributed by atoms with Crippen molar-refractivity contribution in [2.45, 2.75) is 82.6 Å². The van der Waals surface area contributed by atoms with E-state index in [-0.39, 0.29) is 0 Å². The Hall–Kier alpha value is -1.39. The lowest BCUT2D eigenvalue weighted by atomic mass is 9.88. The summed E-state index contributed by atoms with van der Waals surface area (Å²) in [6.45, 7) is 6.66. The number of amides is 1. The molecule has 4 aliphatic rings. The number of rotatable bonds is 7. The summed E-state index contributed by atoms with van der Waals surface area (Å²) < 4.78 is 0. The summed E-state index contributed by atoms with van der Waals surface area (Å²) in [5.74, 6) is 2.71. The zero-order valence-electron chi connectivity index (χ0n) is 20.6. The number of hydrogen-bond donors (Lipinski definition) is 1. The number of nitrogens with one attached hydrogen (secondary N) is 1. The topological polar surface area (TPSA) is 35.6 Å². The molecular weight excluding hydrogens is 406 g/mol. The molecule has 0 unspecified atom stereocenters. The highest BCUT2D eigenvalue weighted by Gasteiger charge is 2.39. The zero-order valence-corrected chi connectivity index (χ0v) is 20.6. The van der Waals surface area contributed by atoms with Gasteiger partial charge in [0.2, 0.25) is 5.91 Å². The van der Waals surface area contributed by atoms with Gasteiger partial charge < -0.3 is 15.1 Å². The Labute approximate surface area is 201 Å². The Morgan fingerprint density at radius 2 is 1.55 bits per heavy atom. The number of nitrogens with zero attached hydrogens (tertiary/aromatic N) is 2. The van der Waals surface area contributed by atoms with Crippen LogP contribution >= 0.6 is 0 Å². The van der Waals surface area contributed by atoms with Gasteiger partial charge in [-0.25, -0.2) is 0 Å². The van der Waals surface area contributed by atoms with Gasteiger partial charge in [-0.2, -0.15) is 0 Å². The van der Waals surface area contributed by atoms with Gasteiger partial charge in [0.25, 0.3) is 0 Å². The molecule has 1 amide bonds. The third-order valence-corrected chi connectivity index (χ3v) is 9.19. The van der Waals surface area contributed by atoms with Crippen LogP contribution in [0.2, 0.25) is 0 Å². The molecule has 1 aromatic carbocycles. The third-order valence-electron chi connectivity index (χ3n) is 9.19. The second-order valence-corrected chi connectivity index (χ2v) is 11.5. The van der Waals surface area contributed by atoms with Crippen molar-refractivity contribution >= 4 is 5.91 Å². The van der Waals surface area contributed by atoms with Crippen molar-refractivity contribution < 1.29 is 4.79 Å². The minimum absolute atomic E-state index is 0.297. The lowest BCUT2D eigenvalue weighted by Gasteiger charge is -2.35. The molecule has 5 rings (SSSR count). The van der Waals surface area contributed by atoms with Crippen molar-refractivity contribution in [2.24, 2.45) is 17.8 Å². The van der Waals surface area contributed by atoms with Crippen LogP contribution < -0.4 is 5.32 Å². The predicted molar refractivity (Wildman–Crippen MR) is 135 cm³/mol. The predicted octanol–water partition coefficient (Wildman–Crippen LogP) is 5.05. The molecule has 0 radical (unpaired) electrons. The minimum atomic E-state index is 0.297. The molecular formula is C29H45N3O. The van der Waals surface area contributed by atoms with Crippen LogP contribution in [0.25, 0.3) is 0 Å². The fourth-order valence-corrected chi connectivity index (χ4v) is 7.12. The first-order chi connectivity index (χ1) is 16.3. The highest BCUT2D eigenvalue weighted by molar-refractivity contribution is 5.79. The van der Waals surface area contributed by atoms with E-state index >= 15 is 0 Å². The highest BCUT2D eigenvalue weighted by atomic mass is 16.2. The summed E-state index contributed by atoms with van der Waals surface area (Å²) in [5.41, 5.74) is 1.42. The zero-order chi connectivity index (χ0) is 22.5. The minimum Gasteiger partial charge on any atom is -0.341 e. The fraction of sp³-hybridized carbons (Fsp3) is 0.759. The van der Waals surface area contributed by atoms with Crippen molar-refractivity contribution in [1.82, 2.24) is 15.1 Å². The van der Waals surface area contributed by atoms with E-state index in [9.17, 15) is 4.79 Å². The normalized spacial score (nSPS) is 28.5. The SMILES string of the molecule is O=C(C1CCCC1)N1C[C@H](CN2CCC(NCC3CCCCC3)CC2)[C@@H](c2ccccc2)C1. The number of carbonyl (C=O) groups is 1. The summed E-state index contributed by atoms with van der Waals surface area (Å²) >= 11 is 0. The van der Waals surface area contributed by atoms with Crippen LogP contribution in [0.1, 0.15) is 82.1 Å². The van der Waals surface area contributed by atoms with Crippen molar-refractivity contribution in [2.75, 3.05) is 39.3 Å². The van der Waals surface area contributed by atoms with E-state index in [0.717, 1.165) is 38.4 Å². The van der Waals surface area contributed by atoms with Crippen molar-refractivity contribution in [3.05, 3.63) is 35.9 Å².